The highest BCUT2D eigenvalue weighted by Crippen LogP contribution is 2.49. The van der Waals surface area contributed by atoms with Crippen LogP contribution in [0.5, 0.6) is 0 Å². The van der Waals surface area contributed by atoms with Gasteiger partial charge in [-0.15, -0.1) is 0 Å². The summed E-state index contributed by atoms with van der Waals surface area (Å²) in [6.45, 7) is 2.24. The van der Waals surface area contributed by atoms with Crippen molar-refractivity contribution in [2.75, 3.05) is 7.11 Å². The van der Waals surface area contributed by atoms with E-state index < -0.39 is 6.10 Å². The Hall–Kier alpha value is -2.64. The number of aromatic nitrogens is 1. The molecular formula is C23H23FN2O4. The zero-order valence-electron chi connectivity index (χ0n) is 16.9. The molecule has 3 heterocycles. The molecule has 7 heteroatoms. The number of pyridine rings is 1. The van der Waals surface area contributed by atoms with Crippen molar-refractivity contribution in [2.24, 2.45) is 10.9 Å². The second-order valence-corrected chi connectivity index (χ2v) is 8.34. The number of dihydropyridines is 1. The van der Waals surface area contributed by atoms with Gasteiger partial charge in [-0.2, -0.15) is 0 Å². The molecular weight excluding hydrogens is 387 g/mol. The Kier molecular flexibility index (Phi) is 4.48. The van der Waals surface area contributed by atoms with Crippen LogP contribution in [-0.2, 0) is 22.7 Å². The highest BCUT2D eigenvalue weighted by atomic mass is 19.1. The average Bonchev–Trinajstić information content (AvgIpc) is 3.12. The molecule has 3 unspecified atom stereocenters. The largest absolute Gasteiger partial charge is 0.381 e. The number of ether oxygens (including phenoxy) is 1. The fraction of sp³-hybridized carbons (Fsp3) is 0.435. The highest BCUT2D eigenvalue weighted by Gasteiger charge is 2.43. The van der Waals surface area contributed by atoms with Crippen molar-refractivity contribution in [3.05, 3.63) is 67.4 Å². The number of nitrogens with zero attached hydrogens (tertiary/aromatic N) is 2. The molecule has 0 amide bonds. The molecule has 4 aliphatic rings. The topological polar surface area (TPSA) is 80.9 Å². The molecule has 156 valence electrons. The van der Waals surface area contributed by atoms with E-state index in [-0.39, 0.29) is 41.1 Å². The molecule has 1 saturated carbocycles. The van der Waals surface area contributed by atoms with Crippen molar-refractivity contribution in [3.63, 3.8) is 0 Å². The maximum Gasteiger partial charge on any atom is 0.257 e. The molecule has 30 heavy (non-hydrogen) atoms. The van der Waals surface area contributed by atoms with Crippen LogP contribution in [-0.4, -0.2) is 34.8 Å². The number of aliphatic hydroxyl groups excluding tert-OH is 1. The third-order valence-corrected chi connectivity index (χ3v) is 6.82. The number of aldehydes is 1. The maximum absolute atomic E-state index is 14.6. The third-order valence-electron chi connectivity index (χ3n) is 6.82. The molecule has 2 aliphatic carbocycles. The summed E-state index contributed by atoms with van der Waals surface area (Å²) in [4.78, 5) is 29.3. The second-order valence-electron chi connectivity index (χ2n) is 8.34. The number of hydrogen-bond acceptors (Lipinski definition) is 5. The van der Waals surface area contributed by atoms with Crippen LogP contribution in [0.25, 0.3) is 0 Å². The number of carbonyl (C=O) groups excluding carboxylic acids is 1. The van der Waals surface area contributed by atoms with E-state index in [0.717, 1.165) is 36.0 Å². The van der Waals surface area contributed by atoms with Crippen LogP contribution in [0.15, 0.2) is 50.0 Å². The van der Waals surface area contributed by atoms with Gasteiger partial charge in [0.15, 0.2) is 6.29 Å². The molecule has 0 spiro atoms. The molecule has 1 N–H and O–H groups in total. The number of rotatable bonds is 4. The smallest absolute Gasteiger partial charge is 0.257 e. The van der Waals surface area contributed by atoms with Crippen LogP contribution >= 0.6 is 0 Å². The molecule has 0 aromatic carbocycles. The quantitative estimate of drug-likeness (QED) is 0.774. The number of methoxy groups -OCH3 is 1. The number of fused-ring (bicyclic) bond motifs is 3. The molecule has 1 fully saturated rings. The van der Waals surface area contributed by atoms with Crippen LogP contribution in [0.2, 0.25) is 0 Å². The molecule has 6 nitrogen and oxygen atoms in total. The fourth-order valence-electron chi connectivity index (χ4n) is 5.42. The van der Waals surface area contributed by atoms with Crippen LogP contribution < -0.4 is 5.56 Å². The number of hydrogen-bond donors (Lipinski definition) is 1. The van der Waals surface area contributed by atoms with Crippen molar-refractivity contribution in [1.82, 2.24) is 4.57 Å². The van der Waals surface area contributed by atoms with E-state index in [1.54, 1.807) is 16.7 Å². The van der Waals surface area contributed by atoms with E-state index in [1.807, 2.05) is 6.92 Å². The predicted octanol–water partition coefficient (Wildman–Crippen LogP) is 2.69. The van der Waals surface area contributed by atoms with Gasteiger partial charge in [-0.25, -0.2) is 4.39 Å². The minimum atomic E-state index is -1.42. The summed E-state index contributed by atoms with van der Waals surface area (Å²) in [5.41, 5.74) is 5.58. The highest BCUT2D eigenvalue weighted by molar-refractivity contribution is 6.15. The zero-order valence-corrected chi connectivity index (χ0v) is 16.9. The van der Waals surface area contributed by atoms with Crippen LogP contribution in [0.4, 0.5) is 4.39 Å². The van der Waals surface area contributed by atoms with Gasteiger partial charge < -0.3 is 19.2 Å². The summed E-state index contributed by atoms with van der Waals surface area (Å²) in [7, 11) is 1.46. The first-order valence-electron chi connectivity index (χ1n) is 10.2. The lowest BCUT2D eigenvalue weighted by atomic mass is 9.68. The monoisotopic (exact) mass is 410 g/mol. The normalized spacial score (nSPS) is 25.3. The lowest BCUT2D eigenvalue weighted by Crippen LogP contribution is -2.34. The first-order valence-corrected chi connectivity index (χ1v) is 10.2. The summed E-state index contributed by atoms with van der Waals surface area (Å²) >= 11 is 0. The van der Waals surface area contributed by atoms with E-state index in [4.69, 9.17) is 9.73 Å². The summed E-state index contributed by atoms with van der Waals surface area (Å²) in [6, 6.07) is 1.34. The molecule has 0 saturated heterocycles. The average molecular weight is 410 g/mol. The van der Waals surface area contributed by atoms with Gasteiger partial charge in [-0.3, -0.25) is 9.79 Å². The van der Waals surface area contributed by atoms with Crippen molar-refractivity contribution in [3.8, 4) is 0 Å². The lowest BCUT2D eigenvalue weighted by molar-refractivity contribution is -0.115. The van der Waals surface area contributed by atoms with Crippen LogP contribution in [0.3, 0.4) is 0 Å². The van der Waals surface area contributed by atoms with Crippen LogP contribution in [0.1, 0.15) is 49.1 Å². The van der Waals surface area contributed by atoms with E-state index in [2.05, 4.69) is 0 Å². The number of carbonyl (C=O) groups is 1. The van der Waals surface area contributed by atoms with Crippen LogP contribution in [0, 0.1) is 5.92 Å². The number of halogens is 1. The Morgan fingerprint density at radius 3 is 2.90 bits per heavy atom. The summed E-state index contributed by atoms with van der Waals surface area (Å²) in [5, 5.41) is 10.2. The van der Waals surface area contributed by atoms with Crippen molar-refractivity contribution >= 4 is 12.0 Å². The van der Waals surface area contributed by atoms with E-state index >= 15 is 0 Å². The summed E-state index contributed by atoms with van der Waals surface area (Å²) < 4.78 is 21.4. The summed E-state index contributed by atoms with van der Waals surface area (Å²) in [6.07, 6.45) is 3.29. The molecule has 1 aromatic heterocycles. The maximum atomic E-state index is 14.6. The zero-order chi connectivity index (χ0) is 21.2. The Balaban J connectivity index is 1.73. The standard InChI is InChI=1S/C23H23FN2O4/c1-11-12-4-3-5-13-15-8-26-19(22(15)25-18(21(12)13)7-17(11)24)6-14(20(28)9-27)16(10-30-2)23(26)29/h6-7,9,18,20-21,28H,3-5,8,10H2,1-2H3. The minimum Gasteiger partial charge on any atom is -0.381 e. The van der Waals surface area contributed by atoms with Gasteiger partial charge in [0.25, 0.3) is 5.56 Å². The Morgan fingerprint density at radius 1 is 1.40 bits per heavy atom. The number of aliphatic hydroxyl groups is 1. The van der Waals surface area contributed by atoms with E-state index in [9.17, 15) is 19.1 Å². The van der Waals surface area contributed by atoms with Gasteiger partial charge in [0, 0.05) is 24.2 Å². The molecule has 5 rings (SSSR count). The van der Waals surface area contributed by atoms with Gasteiger partial charge in [-0.05, 0) is 49.5 Å². The second kappa shape index (κ2) is 6.96. The van der Waals surface area contributed by atoms with Crippen molar-refractivity contribution in [1.29, 1.82) is 0 Å². The third kappa shape index (κ3) is 2.58. The van der Waals surface area contributed by atoms with Gasteiger partial charge in [0.2, 0.25) is 0 Å². The van der Waals surface area contributed by atoms with Crippen molar-refractivity contribution in [2.45, 2.75) is 51.5 Å². The molecule has 0 bridgehead atoms. The molecule has 2 aliphatic heterocycles. The van der Waals surface area contributed by atoms with E-state index in [1.165, 1.54) is 12.7 Å². The van der Waals surface area contributed by atoms with E-state index in [0.29, 0.717) is 24.2 Å². The lowest BCUT2D eigenvalue weighted by Gasteiger charge is -2.39. The van der Waals surface area contributed by atoms with Gasteiger partial charge in [0.05, 0.1) is 30.6 Å². The SMILES string of the molecule is COCc1c(C(O)C=O)cc2n(c1=O)CC1=C3CCCC4=C(C)C(F)=CC(N=C12)C43. The summed E-state index contributed by atoms with van der Waals surface area (Å²) in [5.74, 6) is -0.149. The van der Waals surface area contributed by atoms with Crippen molar-refractivity contribution < 1.29 is 19.0 Å². The molecule has 0 radical (unpaired) electrons. The number of allylic oxidation sites excluding steroid dienone is 3. The van der Waals surface area contributed by atoms with Gasteiger partial charge >= 0.3 is 0 Å². The Bertz CT molecular complexity index is 1150. The molecule has 1 aromatic rings. The first-order chi connectivity index (χ1) is 14.5. The number of aliphatic imine (C=N–C) groups is 1. The Morgan fingerprint density at radius 2 is 2.17 bits per heavy atom. The molecule has 3 atom stereocenters. The fourth-order valence-corrected chi connectivity index (χ4v) is 5.42. The van der Waals surface area contributed by atoms with Gasteiger partial charge in [0.1, 0.15) is 11.9 Å². The first kappa shape index (κ1) is 19.3. The predicted molar refractivity (Wildman–Crippen MR) is 109 cm³/mol. The Labute approximate surface area is 173 Å². The van der Waals surface area contributed by atoms with Gasteiger partial charge in [-0.1, -0.05) is 11.1 Å². The minimum absolute atomic E-state index is 0.00298.